The molecule has 0 radical (unpaired) electrons. The summed E-state index contributed by atoms with van der Waals surface area (Å²) in [6.07, 6.45) is 2.23. The molecule has 0 aliphatic rings. The van der Waals surface area contributed by atoms with Gasteiger partial charge in [0.05, 0.1) is 12.5 Å². The van der Waals surface area contributed by atoms with Crippen LogP contribution in [0, 0.1) is 13.8 Å². The third kappa shape index (κ3) is 6.50. The van der Waals surface area contributed by atoms with Gasteiger partial charge in [-0.2, -0.15) is 0 Å². The highest BCUT2D eigenvalue weighted by atomic mass is 16.5. The maximum Gasteiger partial charge on any atom is 0.310 e. The molecule has 0 aromatic heterocycles. The zero-order valence-electron chi connectivity index (χ0n) is 12.9. The average Bonchev–Trinajstić information content (AvgIpc) is 2.25. The topological polar surface area (TPSA) is 43.4 Å². The molecule has 3 heteroatoms. The van der Waals surface area contributed by atoms with Gasteiger partial charge in [0.2, 0.25) is 0 Å². The van der Waals surface area contributed by atoms with Crippen molar-refractivity contribution in [2.24, 2.45) is 0 Å². The number of ketones is 1. The van der Waals surface area contributed by atoms with Gasteiger partial charge < -0.3 is 9.53 Å². The third-order valence-corrected chi connectivity index (χ3v) is 3.10. The molecule has 3 nitrogen and oxygen atoms in total. The summed E-state index contributed by atoms with van der Waals surface area (Å²) in [7, 11) is 0. The molecule has 0 saturated carbocycles. The Hall–Kier alpha value is -1.64. The van der Waals surface area contributed by atoms with Gasteiger partial charge in [0.25, 0.3) is 0 Å². The molecule has 1 aromatic carbocycles. The third-order valence-electron chi connectivity index (χ3n) is 3.10. The highest BCUT2D eigenvalue weighted by Gasteiger charge is 2.11. The van der Waals surface area contributed by atoms with E-state index >= 15 is 0 Å². The monoisotopic (exact) mass is 276 g/mol. The van der Waals surface area contributed by atoms with Crippen molar-refractivity contribution in [2.45, 2.75) is 59.5 Å². The fourth-order valence-corrected chi connectivity index (χ4v) is 2.30. The highest BCUT2D eigenvalue weighted by molar-refractivity contribution is 5.75. The molecule has 1 unspecified atom stereocenters. The van der Waals surface area contributed by atoms with Crippen molar-refractivity contribution in [3.63, 3.8) is 0 Å². The lowest BCUT2D eigenvalue weighted by molar-refractivity contribution is -0.147. The van der Waals surface area contributed by atoms with E-state index in [0.29, 0.717) is 12.8 Å². The van der Waals surface area contributed by atoms with E-state index in [1.807, 2.05) is 32.9 Å². The van der Waals surface area contributed by atoms with Crippen molar-refractivity contribution >= 4 is 11.8 Å². The van der Waals surface area contributed by atoms with Gasteiger partial charge in [0, 0.05) is 6.42 Å². The summed E-state index contributed by atoms with van der Waals surface area (Å²) in [6.45, 7) is 7.49. The quantitative estimate of drug-likeness (QED) is 0.715. The molecular weight excluding hydrogens is 252 g/mol. The van der Waals surface area contributed by atoms with Crippen LogP contribution in [0.4, 0.5) is 0 Å². The summed E-state index contributed by atoms with van der Waals surface area (Å²) >= 11 is 0. The molecule has 0 saturated heterocycles. The molecular formula is C17H24O3. The zero-order chi connectivity index (χ0) is 15.1. The van der Waals surface area contributed by atoms with E-state index in [2.05, 4.69) is 6.07 Å². The van der Waals surface area contributed by atoms with E-state index in [4.69, 9.17) is 4.74 Å². The van der Waals surface area contributed by atoms with Crippen LogP contribution in [-0.4, -0.2) is 17.9 Å². The van der Waals surface area contributed by atoms with Gasteiger partial charge in [-0.05, 0) is 46.1 Å². The van der Waals surface area contributed by atoms with E-state index in [9.17, 15) is 9.59 Å². The normalized spacial score (nSPS) is 12.0. The van der Waals surface area contributed by atoms with Crippen molar-refractivity contribution in [1.29, 1.82) is 0 Å². The van der Waals surface area contributed by atoms with E-state index in [1.165, 1.54) is 0 Å². The standard InChI is InChI=1S/C17H24O3/c1-12-8-13(2)10-16(9-12)11-17(19)20-15(4)7-5-6-14(3)18/h8-10,15H,5-7,11H2,1-4H3. The lowest BCUT2D eigenvalue weighted by atomic mass is 10.1. The Morgan fingerprint density at radius 2 is 1.75 bits per heavy atom. The summed E-state index contributed by atoms with van der Waals surface area (Å²) in [5.41, 5.74) is 3.30. The molecule has 0 amide bonds. The van der Waals surface area contributed by atoms with Gasteiger partial charge in [0.1, 0.15) is 5.78 Å². The molecule has 0 aliphatic carbocycles. The molecule has 0 fully saturated rings. The van der Waals surface area contributed by atoms with E-state index < -0.39 is 0 Å². The Kier molecular flexibility index (Phi) is 6.43. The van der Waals surface area contributed by atoms with Crippen LogP contribution >= 0.6 is 0 Å². The number of hydrogen-bond acceptors (Lipinski definition) is 3. The van der Waals surface area contributed by atoms with Crippen molar-refractivity contribution in [2.75, 3.05) is 0 Å². The highest BCUT2D eigenvalue weighted by Crippen LogP contribution is 2.11. The second-order valence-corrected chi connectivity index (χ2v) is 5.57. The van der Waals surface area contributed by atoms with Crippen LogP contribution in [0.25, 0.3) is 0 Å². The number of benzene rings is 1. The number of esters is 1. The van der Waals surface area contributed by atoms with Crippen LogP contribution in [0.1, 0.15) is 49.8 Å². The fraction of sp³-hybridized carbons (Fsp3) is 0.529. The van der Waals surface area contributed by atoms with Crippen molar-refractivity contribution in [1.82, 2.24) is 0 Å². The van der Waals surface area contributed by atoms with E-state index in [1.54, 1.807) is 6.92 Å². The fourth-order valence-electron chi connectivity index (χ4n) is 2.30. The molecule has 1 atom stereocenters. The first-order valence-electron chi connectivity index (χ1n) is 7.13. The van der Waals surface area contributed by atoms with Gasteiger partial charge in [0.15, 0.2) is 0 Å². The van der Waals surface area contributed by atoms with Crippen molar-refractivity contribution in [3.8, 4) is 0 Å². The van der Waals surface area contributed by atoms with Gasteiger partial charge in [-0.3, -0.25) is 4.79 Å². The van der Waals surface area contributed by atoms with Gasteiger partial charge in [-0.25, -0.2) is 0 Å². The van der Waals surface area contributed by atoms with E-state index in [0.717, 1.165) is 29.5 Å². The minimum Gasteiger partial charge on any atom is -0.462 e. The lowest BCUT2D eigenvalue weighted by Crippen LogP contribution is -2.17. The molecule has 1 rings (SSSR count). The van der Waals surface area contributed by atoms with Crippen LogP contribution in [0.15, 0.2) is 18.2 Å². The number of hydrogen-bond donors (Lipinski definition) is 0. The molecule has 0 bridgehead atoms. The maximum atomic E-state index is 11.9. The molecule has 1 aromatic rings. The predicted octanol–water partition coefficient (Wildman–Crippen LogP) is 3.54. The number of ether oxygens (including phenoxy) is 1. The van der Waals surface area contributed by atoms with Crippen LogP contribution in [0.2, 0.25) is 0 Å². The Morgan fingerprint density at radius 3 is 2.30 bits per heavy atom. The van der Waals surface area contributed by atoms with Gasteiger partial charge in [-0.1, -0.05) is 29.3 Å². The summed E-state index contributed by atoms with van der Waals surface area (Å²) < 4.78 is 5.37. The second kappa shape index (κ2) is 7.83. The molecule has 0 N–H and O–H groups in total. The van der Waals surface area contributed by atoms with Crippen LogP contribution in [0.5, 0.6) is 0 Å². The van der Waals surface area contributed by atoms with E-state index in [-0.39, 0.29) is 17.9 Å². The van der Waals surface area contributed by atoms with Crippen molar-refractivity contribution in [3.05, 3.63) is 34.9 Å². The first kappa shape index (κ1) is 16.4. The number of rotatable bonds is 7. The predicted molar refractivity (Wildman–Crippen MR) is 79.7 cm³/mol. The Morgan fingerprint density at radius 1 is 1.15 bits per heavy atom. The Labute approximate surface area is 121 Å². The first-order valence-corrected chi connectivity index (χ1v) is 7.13. The maximum absolute atomic E-state index is 11.9. The van der Waals surface area contributed by atoms with Crippen LogP contribution in [0.3, 0.4) is 0 Å². The Balaban J connectivity index is 2.40. The molecule has 20 heavy (non-hydrogen) atoms. The summed E-state index contributed by atoms with van der Waals surface area (Å²) in [5, 5.41) is 0. The largest absolute Gasteiger partial charge is 0.462 e. The smallest absolute Gasteiger partial charge is 0.310 e. The lowest BCUT2D eigenvalue weighted by Gasteiger charge is -2.13. The summed E-state index contributed by atoms with van der Waals surface area (Å²) in [6, 6.07) is 6.10. The molecule has 0 heterocycles. The number of Topliss-reactive ketones (excluding diaryl/α,β-unsaturated/α-hetero) is 1. The van der Waals surface area contributed by atoms with Gasteiger partial charge >= 0.3 is 5.97 Å². The SMILES string of the molecule is CC(=O)CCCC(C)OC(=O)Cc1cc(C)cc(C)c1. The molecule has 110 valence electrons. The minimum absolute atomic E-state index is 0.132. The molecule has 0 spiro atoms. The van der Waals surface area contributed by atoms with Crippen LogP contribution in [-0.2, 0) is 20.7 Å². The van der Waals surface area contributed by atoms with Crippen molar-refractivity contribution < 1.29 is 14.3 Å². The summed E-state index contributed by atoms with van der Waals surface area (Å²) in [4.78, 5) is 22.7. The van der Waals surface area contributed by atoms with Crippen LogP contribution < -0.4 is 0 Å². The first-order chi connectivity index (χ1) is 9.36. The number of carbonyl (C=O) groups is 2. The number of aryl methyl sites for hydroxylation is 2. The number of carbonyl (C=O) groups excluding carboxylic acids is 2. The second-order valence-electron chi connectivity index (χ2n) is 5.57. The minimum atomic E-state index is -0.203. The average molecular weight is 276 g/mol. The Bertz CT molecular complexity index is 457. The zero-order valence-corrected chi connectivity index (χ0v) is 12.9. The summed E-state index contributed by atoms with van der Waals surface area (Å²) in [5.74, 6) is -0.0240. The molecule has 0 aliphatic heterocycles. The van der Waals surface area contributed by atoms with Gasteiger partial charge in [-0.15, -0.1) is 0 Å².